The van der Waals surface area contributed by atoms with E-state index in [1.807, 2.05) is 32.9 Å². The van der Waals surface area contributed by atoms with Gasteiger partial charge in [0.2, 0.25) is 10.0 Å². The highest BCUT2D eigenvalue weighted by molar-refractivity contribution is 7.88. The summed E-state index contributed by atoms with van der Waals surface area (Å²) in [6, 6.07) is 5.55. The number of hydrogen-bond donors (Lipinski definition) is 2. The molecule has 0 aromatic heterocycles. The summed E-state index contributed by atoms with van der Waals surface area (Å²) < 4.78 is 24.6. The maximum atomic E-state index is 11.6. The van der Waals surface area contributed by atoms with Gasteiger partial charge in [-0.15, -0.1) is 0 Å². The van der Waals surface area contributed by atoms with Crippen LogP contribution in [0.15, 0.2) is 18.2 Å². The van der Waals surface area contributed by atoms with Crippen LogP contribution in [0.4, 0.5) is 11.4 Å². The molecule has 0 radical (unpaired) electrons. The molecular formula is C12H21N3O2S. The third kappa shape index (κ3) is 3.61. The lowest BCUT2D eigenvalue weighted by Crippen LogP contribution is -2.42. The Labute approximate surface area is 109 Å². The fourth-order valence-corrected chi connectivity index (χ4v) is 2.97. The number of rotatable bonds is 5. The van der Waals surface area contributed by atoms with Crippen LogP contribution in [0.1, 0.15) is 19.4 Å². The first-order chi connectivity index (χ1) is 8.25. The maximum absolute atomic E-state index is 11.6. The van der Waals surface area contributed by atoms with Crippen LogP contribution in [0.25, 0.3) is 0 Å². The SMILES string of the molecule is CCN(C(C)Nc1ccc(N)c(C)c1)S(C)(=O)=O. The minimum absolute atomic E-state index is 0.298. The van der Waals surface area contributed by atoms with E-state index in [2.05, 4.69) is 5.32 Å². The molecule has 0 saturated heterocycles. The molecule has 0 aliphatic heterocycles. The molecule has 1 atom stereocenters. The minimum atomic E-state index is -3.21. The zero-order chi connectivity index (χ0) is 13.9. The number of aryl methyl sites for hydroxylation is 1. The summed E-state index contributed by atoms with van der Waals surface area (Å²) in [7, 11) is -3.21. The molecule has 1 aromatic rings. The molecule has 0 amide bonds. The molecule has 102 valence electrons. The van der Waals surface area contributed by atoms with Crippen molar-refractivity contribution in [1.29, 1.82) is 0 Å². The number of anilines is 2. The van der Waals surface area contributed by atoms with Gasteiger partial charge in [-0.05, 0) is 37.6 Å². The van der Waals surface area contributed by atoms with Crippen LogP contribution in [0.3, 0.4) is 0 Å². The molecule has 5 nitrogen and oxygen atoms in total. The van der Waals surface area contributed by atoms with E-state index in [1.165, 1.54) is 10.6 Å². The molecule has 0 saturated carbocycles. The van der Waals surface area contributed by atoms with Gasteiger partial charge < -0.3 is 11.1 Å². The molecule has 0 aliphatic rings. The molecular weight excluding hydrogens is 250 g/mol. The van der Waals surface area contributed by atoms with Crippen molar-refractivity contribution in [3.8, 4) is 0 Å². The first-order valence-electron chi connectivity index (χ1n) is 5.85. The van der Waals surface area contributed by atoms with E-state index in [0.29, 0.717) is 6.54 Å². The molecule has 0 bridgehead atoms. The van der Waals surface area contributed by atoms with E-state index in [4.69, 9.17) is 5.73 Å². The molecule has 1 rings (SSSR count). The number of nitrogens with zero attached hydrogens (tertiary/aromatic N) is 1. The molecule has 3 N–H and O–H groups in total. The van der Waals surface area contributed by atoms with Crippen molar-refractivity contribution >= 4 is 21.4 Å². The summed E-state index contributed by atoms with van der Waals surface area (Å²) >= 11 is 0. The molecule has 1 aromatic carbocycles. The van der Waals surface area contributed by atoms with Gasteiger partial charge in [-0.1, -0.05) is 6.92 Å². The zero-order valence-electron chi connectivity index (χ0n) is 11.3. The summed E-state index contributed by atoms with van der Waals surface area (Å²) in [5.41, 5.74) is 8.29. The Morgan fingerprint density at radius 1 is 1.44 bits per heavy atom. The standard InChI is InChI=1S/C12H21N3O2S/c1-5-15(18(4,16)17)10(3)14-11-6-7-12(13)9(2)8-11/h6-8,10,14H,5,13H2,1-4H3. The van der Waals surface area contributed by atoms with E-state index in [9.17, 15) is 8.42 Å². The van der Waals surface area contributed by atoms with Crippen LogP contribution in [-0.4, -0.2) is 31.7 Å². The normalized spacial score (nSPS) is 13.6. The van der Waals surface area contributed by atoms with Crippen molar-refractivity contribution in [2.45, 2.75) is 26.9 Å². The predicted octanol–water partition coefficient (Wildman–Crippen LogP) is 1.62. The van der Waals surface area contributed by atoms with Crippen LogP contribution in [0.5, 0.6) is 0 Å². The van der Waals surface area contributed by atoms with Crippen LogP contribution >= 0.6 is 0 Å². The smallest absolute Gasteiger partial charge is 0.212 e. The first-order valence-corrected chi connectivity index (χ1v) is 7.70. The number of nitrogens with two attached hydrogens (primary N) is 1. The van der Waals surface area contributed by atoms with E-state index in [0.717, 1.165) is 16.9 Å². The second-order valence-corrected chi connectivity index (χ2v) is 6.29. The molecule has 0 aliphatic carbocycles. The highest BCUT2D eigenvalue weighted by Crippen LogP contribution is 2.18. The number of nitrogens with one attached hydrogen (secondary N) is 1. The Bertz CT molecular complexity index is 514. The van der Waals surface area contributed by atoms with Crippen LogP contribution in [0, 0.1) is 6.92 Å². The zero-order valence-corrected chi connectivity index (χ0v) is 12.1. The van der Waals surface area contributed by atoms with E-state index < -0.39 is 10.0 Å². The van der Waals surface area contributed by atoms with Crippen molar-refractivity contribution in [2.75, 3.05) is 23.9 Å². The molecule has 0 fully saturated rings. The lowest BCUT2D eigenvalue weighted by molar-refractivity contribution is 0.379. The summed E-state index contributed by atoms with van der Waals surface area (Å²) in [5.74, 6) is 0. The van der Waals surface area contributed by atoms with Gasteiger partial charge in [-0.2, -0.15) is 4.31 Å². The van der Waals surface area contributed by atoms with E-state index >= 15 is 0 Å². The highest BCUT2D eigenvalue weighted by atomic mass is 32.2. The van der Waals surface area contributed by atoms with Crippen LogP contribution in [0.2, 0.25) is 0 Å². The van der Waals surface area contributed by atoms with E-state index in [1.54, 1.807) is 6.07 Å². The topological polar surface area (TPSA) is 75.4 Å². The van der Waals surface area contributed by atoms with Gasteiger partial charge in [-0.25, -0.2) is 8.42 Å². The van der Waals surface area contributed by atoms with Gasteiger partial charge in [0.25, 0.3) is 0 Å². The van der Waals surface area contributed by atoms with Gasteiger partial charge in [-0.3, -0.25) is 0 Å². The average Bonchev–Trinajstić information content (AvgIpc) is 2.22. The molecule has 6 heteroatoms. The second-order valence-electron chi connectivity index (χ2n) is 4.36. The fraction of sp³-hybridized carbons (Fsp3) is 0.500. The predicted molar refractivity (Wildman–Crippen MR) is 75.9 cm³/mol. The largest absolute Gasteiger partial charge is 0.399 e. The first kappa shape index (κ1) is 14.8. The molecule has 0 heterocycles. The Morgan fingerprint density at radius 2 is 2.06 bits per heavy atom. The summed E-state index contributed by atoms with van der Waals surface area (Å²) in [6.45, 7) is 5.98. The van der Waals surface area contributed by atoms with Crippen LogP contribution < -0.4 is 11.1 Å². The van der Waals surface area contributed by atoms with Crippen molar-refractivity contribution < 1.29 is 8.42 Å². The molecule has 0 spiro atoms. The minimum Gasteiger partial charge on any atom is -0.399 e. The van der Waals surface area contributed by atoms with Crippen molar-refractivity contribution in [1.82, 2.24) is 4.31 Å². The highest BCUT2D eigenvalue weighted by Gasteiger charge is 2.21. The number of sulfonamides is 1. The summed E-state index contributed by atoms with van der Waals surface area (Å²) in [6.07, 6.45) is 0.913. The van der Waals surface area contributed by atoms with Gasteiger partial charge in [0.1, 0.15) is 0 Å². The quantitative estimate of drug-likeness (QED) is 0.630. The van der Waals surface area contributed by atoms with Gasteiger partial charge >= 0.3 is 0 Å². The van der Waals surface area contributed by atoms with Gasteiger partial charge in [0, 0.05) is 17.9 Å². The summed E-state index contributed by atoms with van der Waals surface area (Å²) in [5, 5.41) is 3.16. The van der Waals surface area contributed by atoms with Crippen molar-refractivity contribution in [3.63, 3.8) is 0 Å². The lowest BCUT2D eigenvalue weighted by atomic mass is 10.2. The Morgan fingerprint density at radius 3 is 2.50 bits per heavy atom. The molecule has 18 heavy (non-hydrogen) atoms. The molecule has 1 unspecified atom stereocenters. The van der Waals surface area contributed by atoms with E-state index in [-0.39, 0.29) is 6.17 Å². The monoisotopic (exact) mass is 271 g/mol. The number of nitrogen functional groups attached to an aromatic ring is 1. The fourth-order valence-electron chi connectivity index (χ4n) is 1.87. The van der Waals surface area contributed by atoms with Gasteiger partial charge in [0.05, 0.1) is 12.4 Å². The van der Waals surface area contributed by atoms with Crippen molar-refractivity contribution in [2.24, 2.45) is 0 Å². The Balaban J connectivity index is 2.86. The third-order valence-corrected chi connectivity index (χ3v) is 4.24. The average molecular weight is 271 g/mol. The van der Waals surface area contributed by atoms with Gasteiger partial charge in [0.15, 0.2) is 0 Å². The Hall–Kier alpha value is -1.27. The lowest BCUT2D eigenvalue weighted by Gasteiger charge is -2.27. The van der Waals surface area contributed by atoms with Crippen molar-refractivity contribution in [3.05, 3.63) is 23.8 Å². The summed E-state index contributed by atoms with van der Waals surface area (Å²) in [4.78, 5) is 0. The second kappa shape index (κ2) is 5.58. The number of benzene rings is 1. The number of hydrogen-bond acceptors (Lipinski definition) is 4. The third-order valence-electron chi connectivity index (χ3n) is 2.81. The maximum Gasteiger partial charge on any atom is 0.212 e. The van der Waals surface area contributed by atoms with Crippen LogP contribution in [-0.2, 0) is 10.0 Å². The Kier molecular flexibility index (Phi) is 4.59.